The summed E-state index contributed by atoms with van der Waals surface area (Å²) >= 11 is 3.45. The van der Waals surface area contributed by atoms with E-state index in [9.17, 15) is 4.79 Å². The molecule has 2 aliphatic rings. The average Bonchev–Trinajstić information content (AvgIpc) is 3.56. The number of hydrogen-bond donors (Lipinski definition) is 0. The molecule has 0 bridgehead atoms. The van der Waals surface area contributed by atoms with Crippen molar-refractivity contribution in [1.29, 1.82) is 0 Å². The molecule has 1 unspecified atom stereocenters. The van der Waals surface area contributed by atoms with Gasteiger partial charge in [0.2, 0.25) is 0 Å². The maximum atomic E-state index is 12.9. The third-order valence-electron chi connectivity index (χ3n) is 6.81. The fourth-order valence-electron chi connectivity index (χ4n) is 4.52. The SMILES string of the molecule is COc1ccc(C(=O)CSc2nc(C3CC3)nc3sc4c(c23)CCC(C(C)(C)C)C4)cc1. The standard InChI is InChI=1S/C26H30N2O2S2/c1-26(2,3)17-9-12-19-21(13-17)32-25-22(19)24(27-23(28-25)16-5-6-16)31-14-20(29)15-7-10-18(30-4)11-8-15/h7-8,10-11,16-17H,5-6,9,12-14H2,1-4H3. The number of methoxy groups -OCH3 is 1. The quantitative estimate of drug-likeness (QED) is 0.230. The molecule has 2 aliphatic carbocycles. The first-order chi connectivity index (χ1) is 15.3. The highest BCUT2D eigenvalue weighted by molar-refractivity contribution is 8.00. The molecule has 6 heteroatoms. The van der Waals surface area contributed by atoms with Crippen molar-refractivity contribution >= 4 is 39.1 Å². The Hall–Kier alpha value is -1.92. The monoisotopic (exact) mass is 466 g/mol. The average molecular weight is 467 g/mol. The molecular formula is C26H30N2O2S2. The van der Waals surface area contributed by atoms with E-state index >= 15 is 0 Å². The molecule has 2 heterocycles. The first-order valence-electron chi connectivity index (χ1n) is 11.5. The summed E-state index contributed by atoms with van der Waals surface area (Å²) in [5.41, 5.74) is 2.47. The predicted octanol–water partition coefficient (Wildman–Crippen LogP) is 6.70. The van der Waals surface area contributed by atoms with E-state index in [0.717, 1.165) is 34.3 Å². The van der Waals surface area contributed by atoms with Crippen molar-refractivity contribution in [1.82, 2.24) is 9.97 Å². The number of aromatic nitrogens is 2. The lowest BCUT2D eigenvalue weighted by molar-refractivity contribution is 0.102. The van der Waals surface area contributed by atoms with Gasteiger partial charge in [-0.2, -0.15) is 0 Å². The molecule has 3 aromatic rings. The zero-order valence-corrected chi connectivity index (χ0v) is 20.9. The van der Waals surface area contributed by atoms with Crippen LogP contribution in [0.1, 0.15) is 72.6 Å². The van der Waals surface area contributed by atoms with E-state index in [-0.39, 0.29) is 5.78 Å². The Balaban J connectivity index is 1.45. The van der Waals surface area contributed by atoms with E-state index in [1.807, 2.05) is 35.6 Å². The number of ketones is 1. The Kier molecular flexibility index (Phi) is 5.79. The van der Waals surface area contributed by atoms with Gasteiger partial charge in [-0.05, 0) is 73.3 Å². The third-order valence-corrected chi connectivity index (χ3v) is 8.94. The Bertz CT molecular complexity index is 1160. The first-order valence-corrected chi connectivity index (χ1v) is 13.3. The summed E-state index contributed by atoms with van der Waals surface area (Å²) in [4.78, 5) is 25.5. The van der Waals surface area contributed by atoms with Gasteiger partial charge in [-0.15, -0.1) is 11.3 Å². The van der Waals surface area contributed by atoms with Crippen molar-refractivity contribution in [2.45, 2.75) is 63.8 Å². The Morgan fingerprint density at radius 1 is 1.16 bits per heavy atom. The largest absolute Gasteiger partial charge is 0.497 e. The molecule has 0 spiro atoms. The molecule has 2 aromatic heterocycles. The maximum Gasteiger partial charge on any atom is 0.173 e. The molecule has 0 saturated heterocycles. The first kappa shape index (κ1) is 21.9. The molecule has 0 amide bonds. The zero-order chi connectivity index (χ0) is 22.5. The van der Waals surface area contributed by atoms with E-state index in [4.69, 9.17) is 14.7 Å². The number of aryl methyl sites for hydroxylation is 1. The lowest BCUT2D eigenvalue weighted by Crippen LogP contribution is -2.26. The van der Waals surface area contributed by atoms with E-state index in [0.29, 0.717) is 28.6 Å². The minimum Gasteiger partial charge on any atom is -0.497 e. The van der Waals surface area contributed by atoms with Gasteiger partial charge in [0.25, 0.3) is 0 Å². The molecule has 1 saturated carbocycles. The molecule has 0 N–H and O–H groups in total. The summed E-state index contributed by atoms with van der Waals surface area (Å²) in [6, 6.07) is 7.36. The molecule has 1 aromatic carbocycles. The van der Waals surface area contributed by atoms with Crippen LogP contribution in [0.25, 0.3) is 10.2 Å². The molecular weight excluding hydrogens is 436 g/mol. The zero-order valence-electron chi connectivity index (χ0n) is 19.2. The van der Waals surface area contributed by atoms with Crippen molar-refractivity contribution in [3.63, 3.8) is 0 Å². The van der Waals surface area contributed by atoms with Gasteiger partial charge in [-0.25, -0.2) is 9.97 Å². The normalized spacial score (nSPS) is 18.6. The van der Waals surface area contributed by atoms with Gasteiger partial charge >= 0.3 is 0 Å². The van der Waals surface area contributed by atoms with Crippen LogP contribution in [0.5, 0.6) is 5.75 Å². The second-order valence-corrected chi connectivity index (χ2v) is 12.1. The number of nitrogens with zero attached hydrogens (tertiary/aromatic N) is 2. The molecule has 0 radical (unpaired) electrons. The van der Waals surface area contributed by atoms with Gasteiger partial charge in [-0.1, -0.05) is 32.5 Å². The van der Waals surface area contributed by atoms with E-state index in [2.05, 4.69) is 20.8 Å². The fourth-order valence-corrected chi connectivity index (χ4v) is 6.85. The van der Waals surface area contributed by atoms with E-state index in [1.165, 1.54) is 35.1 Å². The number of ether oxygens (including phenoxy) is 1. The molecule has 168 valence electrons. The van der Waals surface area contributed by atoms with Gasteiger partial charge in [0, 0.05) is 21.7 Å². The number of carbonyl (C=O) groups is 1. The molecule has 5 rings (SSSR count). The fraction of sp³-hybridized carbons (Fsp3) is 0.500. The minimum atomic E-state index is 0.120. The highest BCUT2D eigenvalue weighted by Crippen LogP contribution is 2.46. The Labute approximate surface area is 198 Å². The summed E-state index contributed by atoms with van der Waals surface area (Å²) in [7, 11) is 1.63. The number of benzene rings is 1. The highest BCUT2D eigenvalue weighted by Gasteiger charge is 2.33. The number of thioether (sulfide) groups is 1. The summed E-state index contributed by atoms with van der Waals surface area (Å²) in [5, 5.41) is 2.22. The third kappa shape index (κ3) is 4.32. The van der Waals surface area contributed by atoms with Crippen LogP contribution < -0.4 is 4.74 Å². The van der Waals surface area contributed by atoms with Crippen LogP contribution in [0, 0.1) is 11.3 Å². The van der Waals surface area contributed by atoms with Gasteiger partial charge < -0.3 is 4.74 Å². The topological polar surface area (TPSA) is 52.1 Å². The summed E-state index contributed by atoms with van der Waals surface area (Å²) in [6.45, 7) is 7.06. The van der Waals surface area contributed by atoms with Gasteiger partial charge in [0.1, 0.15) is 21.4 Å². The number of fused-ring (bicyclic) bond motifs is 3. The van der Waals surface area contributed by atoms with Crippen molar-refractivity contribution in [3.05, 3.63) is 46.1 Å². The van der Waals surface area contributed by atoms with Gasteiger partial charge in [-0.3, -0.25) is 4.79 Å². The van der Waals surface area contributed by atoms with Crippen LogP contribution in [0.3, 0.4) is 0 Å². The lowest BCUT2D eigenvalue weighted by atomic mass is 9.72. The number of carbonyl (C=O) groups excluding carboxylic acids is 1. The Morgan fingerprint density at radius 3 is 2.56 bits per heavy atom. The van der Waals surface area contributed by atoms with Crippen LogP contribution in [-0.2, 0) is 12.8 Å². The molecule has 1 atom stereocenters. The lowest BCUT2D eigenvalue weighted by Gasteiger charge is -2.33. The van der Waals surface area contributed by atoms with Crippen LogP contribution in [0.4, 0.5) is 0 Å². The number of thiophene rings is 1. The van der Waals surface area contributed by atoms with Crippen LogP contribution >= 0.6 is 23.1 Å². The summed E-state index contributed by atoms with van der Waals surface area (Å²) < 4.78 is 5.21. The van der Waals surface area contributed by atoms with Gasteiger partial charge in [0.05, 0.1) is 12.9 Å². The number of Topliss-reactive ketones (excluding diaryl/α,β-unsaturated/α-hetero) is 1. The van der Waals surface area contributed by atoms with Crippen LogP contribution in [0.2, 0.25) is 0 Å². The van der Waals surface area contributed by atoms with Crippen LogP contribution in [-0.4, -0.2) is 28.6 Å². The number of rotatable bonds is 6. The molecule has 4 nitrogen and oxygen atoms in total. The predicted molar refractivity (Wildman–Crippen MR) is 132 cm³/mol. The van der Waals surface area contributed by atoms with E-state index < -0.39 is 0 Å². The summed E-state index contributed by atoms with van der Waals surface area (Å²) in [6.07, 6.45) is 5.79. The van der Waals surface area contributed by atoms with Crippen molar-refractivity contribution < 1.29 is 9.53 Å². The van der Waals surface area contributed by atoms with E-state index in [1.54, 1.807) is 18.9 Å². The molecule has 1 fully saturated rings. The van der Waals surface area contributed by atoms with Crippen molar-refractivity contribution in [3.8, 4) is 5.75 Å². The highest BCUT2D eigenvalue weighted by atomic mass is 32.2. The number of hydrogen-bond acceptors (Lipinski definition) is 6. The van der Waals surface area contributed by atoms with Crippen molar-refractivity contribution in [2.75, 3.05) is 12.9 Å². The van der Waals surface area contributed by atoms with Gasteiger partial charge in [0.15, 0.2) is 5.78 Å². The molecule has 0 aliphatic heterocycles. The minimum absolute atomic E-state index is 0.120. The smallest absolute Gasteiger partial charge is 0.173 e. The summed E-state index contributed by atoms with van der Waals surface area (Å²) in [5.74, 6) is 3.44. The molecule has 32 heavy (non-hydrogen) atoms. The second-order valence-electron chi connectivity index (χ2n) is 10.1. The maximum absolute atomic E-state index is 12.9. The second kappa shape index (κ2) is 8.45. The van der Waals surface area contributed by atoms with Crippen molar-refractivity contribution in [2.24, 2.45) is 11.3 Å². The Morgan fingerprint density at radius 2 is 1.91 bits per heavy atom. The van der Waals surface area contributed by atoms with Crippen LogP contribution in [0.15, 0.2) is 29.3 Å².